The Balaban J connectivity index is 2.97. The molecule has 22 heavy (non-hydrogen) atoms. The maximum atomic E-state index is 11.5. The van der Waals surface area contributed by atoms with Gasteiger partial charge in [-0.25, -0.2) is 0 Å². The van der Waals surface area contributed by atoms with Gasteiger partial charge in [-0.1, -0.05) is 26.7 Å². The summed E-state index contributed by atoms with van der Waals surface area (Å²) in [6.45, 7) is 4.23. The molecule has 0 saturated carbocycles. The molecule has 0 aliphatic rings. The fraction of sp³-hybridized carbons (Fsp3) is 0.533. The van der Waals surface area contributed by atoms with Crippen molar-refractivity contribution >= 4 is 17.3 Å². The Morgan fingerprint density at radius 3 is 2.41 bits per heavy atom. The molecule has 0 heterocycles. The van der Waals surface area contributed by atoms with Gasteiger partial charge in [-0.2, -0.15) is 0 Å². The Hall–Kier alpha value is -2.15. The predicted molar refractivity (Wildman–Crippen MR) is 84.9 cm³/mol. The molecule has 4 N–H and O–H groups in total. The average Bonchev–Trinajstić information content (AvgIpc) is 2.45. The summed E-state index contributed by atoms with van der Waals surface area (Å²) in [5, 5.41) is 24.3. The Morgan fingerprint density at radius 1 is 1.36 bits per heavy atom. The lowest BCUT2D eigenvalue weighted by atomic mass is 9.92. The van der Waals surface area contributed by atoms with Gasteiger partial charge in [0.05, 0.1) is 16.1 Å². The second kappa shape index (κ2) is 7.74. The number of benzene rings is 1. The number of primary amides is 1. The molecule has 1 rings (SSSR count). The average molecular weight is 309 g/mol. The number of aliphatic hydroxyl groups is 1. The van der Waals surface area contributed by atoms with Crippen molar-refractivity contribution in [2.75, 3.05) is 11.9 Å². The lowest BCUT2D eigenvalue weighted by Gasteiger charge is -2.28. The number of nitrogens with one attached hydrogen (secondary N) is 1. The van der Waals surface area contributed by atoms with E-state index in [0.717, 1.165) is 18.9 Å². The lowest BCUT2D eigenvalue weighted by Crippen LogP contribution is -2.37. The number of hydrogen-bond acceptors (Lipinski definition) is 5. The third-order valence-electron chi connectivity index (χ3n) is 3.52. The summed E-state index contributed by atoms with van der Waals surface area (Å²) in [5.74, 6) is -0.749. The largest absolute Gasteiger partial charge is 0.388 e. The van der Waals surface area contributed by atoms with Gasteiger partial charge in [0.2, 0.25) is 0 Å². The number of hydrogen-bond donors (Lipinski definition) is 3. The van der Waals surface area contributed by atoms with Crippen molar-refractivity contribution in [2.45, 2.75) is 45.1 Å². The van der Waals surface area contributed by atoms with Crippen LogP contribution in [-0.4, -0.2) is 28.1 Å². The van der Waals surface area contributed by atoms with E-state index in [9.17, 15) is 20.0 Å². The fourth-order valence-corrected chi connectivity index (χ4v) is 2.50. The fourth-order valence-electron chi connectivity index (χ4n) is 2.50. The Labute approximate surface area is 129 Å². The number of anilines is 1. The van der Waals surface area contributed by atoms with Gasteiger partial charge in [0, 0.05) is 24.4 Å². The van der Waals surface area contributed by atoms with Crippen LogP contribution in [0.1, 0.15) is 49.9 Å². The van der Waals surface area contributed by atoms with Gasteiger partial charge in [0.15, 0.2) is 0 Å². The van der Waals surface area contributed by atoms with Crippen molar-refractivity contribution in [3.63, 3.8) is 0 Å². The van der Waals surface area contributed by atoms with Crippen LogP contribution in [0.4, 0.5) is 11.4 Å². The van der Waals surface area contributed by atoms with Crippen LogP contribution in [0.3, 0.4) is 0 Å². The highest BCUT2D eigenvalue weighted by Crippen LogP contribution is 2.25. The molecule has 7 nitrogen and oxygen atoms in total. The molecule has 122 valence electrons. The minimum atomic E-state index is -0.875. The highest BCUT2D eigenvalue weighted by Gasteiger charge is 2.25. The number of rotatable bonds is 9. The third-order valence-corrected chi connectivity index (χ3v) is 3.52. The molecule has 7 heteroatoms. The van der Waals surface area contributed by atoms with E-state index in [1.54, 1.807) is 0 Å². The van der Waals surface area contributed by atoms with Crippen molar-refractivity contribution in [3.05, 3.63) is 33.9 Å². The zero-order valence-electron chi connectivity index (χ0n) is 13.0. The first-order valence-corrected chi connectivity index (χ1v) is 7.37. The first kappa shape index (κ1) is 17.9. The molecular formula is C15H23N3O4. The molecule has 1 amide bonds. The Bertz CT molecular complexity index is 540. The highest BCUT2D eigenvalue weighted by molar-refractivity contribution is 5.99. The van der Waals surface area contributed by atoms with E-state index in [-0.39, 0.29) is 17.8 Å². The van der Waals surface area contributed by atoms with E-state index in [1.165, 1.54) is 12.1 Å². The summed E-state index contributed by atoms with van der Waals surface area (Å²) in [4.78, 5) is 21.7. The summed E-state index contributed by atoms with van der Waals surface area (Å²) < 4.78 is 0. The topological polar surface area (TPSA) is 118 Å². The molecule has 0 atom stereocenters. The van der Waals surface area contributed by atoms with Crippen molar-refractivity contribution in [3.8, 4) is 0 Å². The molecule has 0 unspecified atom stereocenters. The van der Waals surface area contributed by atoms with Crippen LogP contribution in [0.25, 0.3) is 0 Å². The smallest absolute Gasteiger partial charge is 0.270 e. The van der Waals surface area contributed by atoms with Gasteiger partial charge in [0.1, 0.15) is 0 Å². The van der Waals surface area contributed by atoms with Crippen LogP contribution in [0.15, 0.2) is 18.2 Å². The number of nitro groups is 1. The van der Waals surface area contributed by atoms with E-state index in [0.29, 0.717) is 18.5 Å². The summed E-state index contributed by atoms with van der Waals surface area (Å²) in [6.07, 6.45) is 2.93. The van der Waals surface area contributed by atoms with E-state index in [1.807, 2.05) is 13.8 Å². The van der Waals surface area contributed by atoms with Gasteiger partial charge in [-0.3, -0.25) is 14.9 Å². The molecule has 0 aromatic heterocycles. The summed E-state index contributed by atoms with van der Waals surface area (Å²) in [6, 6.07) is 3.88. The molecule has 0 radical (unpaired) electrons. The third kappa shape index (κ3) is 4.70. The van der Waals surface area contributed by atoms with Crippen LogP contribution in [0.5, 0.6) is 0 Å². The van der Waals surface area contributed by atoms with Gasteiger partial charge in [-0.05, 0) is 18.9 Å². The second-order valence-corrected chi connectivity index (χ2v) is 5.43. The zero-order chi connectivity index (χ0) is 16.8. The number of nitrogens with zero attached hydrogens (tertiary/aromatic N) is 1. The number of carbonyl (C=O) groups is 1. The maximum absolute atomic E-state index is 11.5. The molecule has 1 aromatic rings. The molecule has 0 spiro atoms. The molecule has 0 bridgehead atoms. The first-order chi connectivity index (χ1) is 10.3. The summed E-state index contributed by atoms with van der Waals surface area (Å²) in [5.41, 5.74) is 4.64. The van der Waals surface area contributed by atoms with Crippen LogP contribution in [0.2, 0.25) is 0 Å². The van der Waals surface area contributed by atoms with Crippen molar-refractivity contribution < 1.29 is 14.8 Å². The van der Waals surface area contributed by atoms with Crippen molar-refractivity contribution in [1.29, 1.82) is 0 Å². The van der Waals surface area contributed by atoms with E-state index < -0.39 is 16.4 Å². The minimum absolute atomic E-state index is 0.0459. The highest BCUT2D eigenvalue weighted by atomic mass is 16.6. The van der Waals surface area contributed by atoms with Gasteiger partial charge in [0.25, 0.3) is 11.6 Å². The van der Waals surface area contributed by atoms with Crippen molar-refractivity contribution in [2.24, 2.45) is 5.73 Å². The van der Waals surface area contributed by atoms with E-state index >= 15 is 0 Å². The van der Waals surface area contributed by atoms with Crippen LogP contribution in [-0.2, 0) is 0 Å². The summed E-state index contributed by atoms with van der Waals surface area (Å²) in [7, 11) is 0. The first-order valence-electron chi connectivity index (χ1n) is 7.37. The van der Waals surface area contributed by atoms with Gasteiger partial charge >= 0.3 is 0 Å². The van der Waals surface area contributed by atoms with Gasteiger partial charge in [-0.15, -0.1) is 0 Å². The molecular weight excluding hydrogens is 286 g/mol. The molecule has 0 aliphatic heterocycles. The molecule has 1 aromatic carbocycles. The quantitative estimate of drug-likeness (QED) is 0.478. The second-order valence-electron chi connectivity index (χ2n) is 5.43. The molecule has 0 saturated heterocycles. The monoisotopic (exact) mass is 309 g/mol. The van der Waals surface area contributed by atoms with Crippen molar-refractivity contribution in [1.82, 2.24) is 0 Å². The lowest BCUT2D eigenvalue weighted by molar-refractivity contribution is -0.384. The van der Waals surface area contributed by atoms with Crippen LogP contribution < -0.4 is 11.1 Å². The minimum Gasteiger partial charge on any atom is -0.388 e. The Morgan fingerprint density at radius 2 is 1.95 bits per heavy atom. The maximum Gasteiger partial charge on any atom is 0.270 e. The molecule has 0 aliphatic carbocycles. The Kier molecular flexibility index (Phi) is 6.30. The zero-order valence-corrected chi connectivity index (χ0v) is 13.0. The number of nitrogens with two attached hydrogens (primary N) is 1. The summed E-state index contributed by atoms with van der Waals surface area (Å²) >= 11 is 0. The normalized spacial score (nSPS) is 11.2. The van der Waals surface area contributed by atoms with E-state index in [2.05, 4.69) is 5.32 Å². The number of amides is 1. The van der Waals surface area contributed by atoms with Crippen LogP contribution in [0, 0.1) is 10.1 Å². The predicted octanol–water partition coefficient (Wildman–Crippen LogP) is 2.44. The number of nitro benzene ring substituents is 1. The standard InChI is InChI=1S/C15H23N3O4/c1-3-7-15(20,8-4-2)10-17-13-6-5-11(18(21)22)9-12(13)14(16)19/h5-6,9,17,20H,3-4,7-8,10H2,1-2H3,(H2,16,19). The van der Waals surface area contributed by atoms with Crippen LogP contribution >= 0.6 is 0 Å². The van der Waals surface area contributed by atoms with E-state index in [4.69, 9.17) is 5.73 Å². The SMILES string of the molecule is CCCC(O)(CCC)CNc1ccc([N+](=O)[O-])cc1C(N)=O. The number of carbonyl (C=O) groups excluding carboxylic acids is 1. The number of non-ortho nitro benzene ring substituents is 1. The van der Waals surface area contributed by atoms with Gasteiger partial charge < -0.3 is 16.2 Å². The molecule has 0 fully saturated rings.